The standard InChI is InChI=1S/C10H11N3/c11-9-5-1-2-6-10(9)12-13-7-3-4-8-13/h1-8,12H,11H2. The van der Waals surface area contributed by atoms with E-state index in [4.69, 9.17) is 5.73 Å². The van der Waals surface area contributed by atoms with Gasteiger partial charge in [-0.25, -0.2) is 0 Å². The van der Waals surface area contributed by atoms with Crippen molar-refractivity contribution >= 4 is 11.4 Å². The third-order valence-electron chi connectivity index (χ3n) is 1.81. The van der Waals surface area contributed by atoms with Crippen LogP contribution in [0.15, 0.2) is 48.8 Å². The Morgan fingerprint density at radius 1 is 1.00 bits per heavy atom. The van der Waals surface area contributed by atoms with E-state index in [-0.39, 0.29) is 0 Å². The molecular weight excluding hydrogens is 162 g/mol. The highest BCUT2D eigenvalue weighted by molar-refractivity contribution is 5.65. The van der Waals surface area contributed by atoms with Crippen molar-refractivity contribution in [3.8, 4) is 0 Å². The molecule has 0 radical (unpaired) electrons. The maximum absolute atomic E-state index is 5.76. The highest BCUT2D eigenvalue weighted by Crippen LogP contribution is 2.16. The van der Waals surface area contributed by atoms with Crippen LogP contribution < -0.4 is 11.2 Å². The van der Waals surface area contributed by atoms with Crippen LogP contribution in [0.1, 0.15) is 0 Å². The molecule has 0 aliphatic rings. The zero-order chi connectivity index (χ0) is 9.10. The first-order valence-electron chi connectivity index (χ1n) is 4.11. The maximum Gasteiger partial charge on any atom is 0.0775 e. The van der Waals surface area contributed by atoms with E-state index < -0.39 is 0 Å². The van der Waals surface area contributed by atoms with E-state index in [1.54, 1.807) is 0 Å². The van der Waals surface area contributed by atoms with Gasteiger partial charge >= 0.3 is 0 Å². The fourth-order valence-electron chi connectivity index (χ4n) is 1.15. The average Bonchev–Trinajstić information content (AvgIpc) is 2.61. The van der Waals surface area contributed by atoms with Gasteiger partial charge in [-0.2, -0.15) is 0 Å². The zero-order valence-corrected chi connectivity index (χ0v) is 7.14. The van der Waals surface area contributed by atoms with E-state index >= 15 is 0 Å². The van der Waals surface area contributed by atoms with E-state index in [9.17, 15) is 0 Å². The summed E-state index contributed by atoms with van der Waals surface area (Å²) in [5.41, 5.74) is 10.6. The van der Waals surface area contributed by atoms with Crippen LogP contribution in [-0.2, 0) is 0 Å². The minimum absolute atomic E-state index is 0.746. The molecule has 3 heteroatoms. The summed E-state index contributed by atoms with van der Waals surface area (Å²) in [7, 11) is 0. The molecular formula is C10H11N3. The van der Waals surface area contributed by atoms with E-state index in [1.807, 2.05) is 53.5 Å². The Labute approximate surface area is 76.8 Å². The minimum atomic E-state index is 0.746. The fraction of sp³-hybridized carbons (Fsp3) is 0. The van der Waals surface area contributed by atoms with Gasteiger partial charge in [0.05, 0.1) is 11.4 Å². The molecule has 0 saturated carbocycles. The average molecular weight is 173 g/mol. The third kappa shape index (κ3) is 1.64. The van der Waals surface area contributed by atoms with Crippen LogP contribution in [0.25, 0.3) is 0 Å². The van der Waals surface area contributed by atoms with Crippen LogP contribution in [0.2, 0.25) is 0 Å². The number of aromatic nitrogens is 1. The number of nitrogens with zero attached hydrogens (tertiary/aromatic N) is 1. The Bertz CT molecular complexity index is 379. The Hall–Kier alpha value is -1.90. The number of nitrogen functional groups attached to an aromatic ring is 1. The van der Waals surface area contributed by atoms with Gasteiger partial charge in [0.15, 0.2) is 0 Å². The number of anilines is 2. The van der Waals surface area contributed by atoms with Crippen molar-refractivity contribution in [2.24, 2.45) is 0 Å². The highest BCUT2D eigenvalue weighted by Gasteiger charge is 1.95. The molecule has 0 atom stereocenters. The number of rotatable bonds is 2. The summed E-state index contributed by atoms with van der Waals surface area (Å²) >= 11 is 0. The molecule has 1 aromatic heterocycles. The molecule has 3 nitrogen and oxygen atoms in total. The summed E-state index contributed by atoms with van der Waals surface area (Å²) in [4.78, 5) is 0. The predicted octanol–water partition coefficient (Wildman–Crippen LogP) is 1.95. The Morgan fingerprint density at radius 2 is 1.69 bits per heavy atom. The Balaban J connectivity index is 2.24. The smallest absolute Gasteiger partial charge is 0.0775 e. The summed E-state index contributed by atoms with van der Waals surface area (Å²) in [6.07, 6.45) is 3.85. The SMILES string of the molecule is Nc1ccccc1Nn1cccc1. The Kier molecular flexibility index (Phi) is 1.92. The summed E-state index contributed by atoms with van der Waals surface area (Å²) < 4.78 is 1.85. The number of benzene rings is 1. The number of nitrogens with two attached hydrogens (primary N) is 1. The topological polar surface area (TPSA) is 43.0 Å². The van der Waals surface area contributed by atoms with Crippen molar-refractivity contribution in [2.45, 2.75) is 0 Å². The van der Waals surface area contributed by atoms with E-state index in [0.29, 0.717) is 0 Å². The molecule has 0 bridgehead atoms. The number of para-hydroxylation sites is 2. The van der Waals surface area contributed by atoms with Crippen LogP contribution in [0.3, 0.4) is 0 Å². The van der Waals surface area contributed by atoms with E-state index in [0.717, 1.165) is 11.4 Å². The summed E-state index contributed by atoms with van der Waals surface area (Å²) in [6, 6.07) is 11.6. The summed E-state index contributed by atoms with van der Waals surface area (Å²) in [5, 5.41) is 0. The number of hydrogen-bond acceptors (Lipinski definition) is 2. The minimum Gasteiger partial charge on any atom is -0.397 e. The first-order chi connectivity index (χ1) is 6.36. The molecule has 3 N–H and O–H groups in total. The van der Waals surface area contributed by atoms with Gasteiger partial charge in [0.25, 0.3) is 0 Å². The molecule has 66 valence electrons. The quantitative estimate of drug-likeness (QED) is 0.681. The number of hydrogen-bond donors (Lipinski definition) is 2. The first kappa shape index (κ1) is 7.73. The molecule has 1 aromatic carbocycles. The van der Waals surface area contributed by atoms with Gasteiger partial charge < -0.3 is 5.73 Å². The molecule has 0 unspecified atom stereocenters. The Morgan fingerprint density at radius 3 is 2.38 bits per heavy atom. The first-order valence-corrected chi connectivity index (χ1v) is 4.11. The van der Waals surface area contributed by atoms with Crippen LogP contribution in [0.4, 0.5) is 11.4 Å². The number of nitrogens with one attached hydrogen (secondary N) is 1. The van der Waals surface area contributed by atoms with Crippen molar-refractivity contribution in [1.82, 2.24) is 4.68 Å². The second-order valence-electron chi connectivity index (χ2n) is 2.79. The molecule has 2 rings (SSSR count). The van der Waals surface area contributed by atoms with Crippen molar-refractivity contribution in [2.75, 3.05) is 11.2 Å². The lowest BCUT2D eigenvalue weighted by Crippen LogP contribution is -2.07. The third-order valence-corrected chi connectivity index (χ3v) is 1.81. The van der Waals surface area contributed by atoms with Gasteiger partial charge in [-0.1, -0.05) is 12.1 Å². The maximum atomic E-state index is 5.76. The highest BCUT2D eigenvalue weighted by atomic mass is 15.4. The van der Waals surface area contributed by atoms with Crippen LogP contribution >= 0.6 is 0 Å². The fourth-order valence-corrected chi connectivity index (χ4v) is 1.15. The van der Waals surface area contributed by atoms with Gasteiger partial charge in [0, 0.05) is 12.4 Å². The normalized spacial score (nSPS) is 9.85. The lowest BCUT2D eigenvalue weighted by atomic mass is 10.3. The van der Waals surface area contributed by atoms with Crippen LogP contribution in [0, 0.1) is 0 Å². The molecule has 0 saturated heterocycles. The molecule has 0 amide bonds. The molecule has 0 aliphatic carbocycles. The van der Waals surface area contributed by atoms with Gasteiger partial charge in [0.2, 0.25) is 0 Å². The molecule has 0 fully saturated rings. The second kappa shape index (κ2) is 3.23. The van der Waals surface area contributed by atoms with Gasteiger partial charge in [0.1, 0.15) is 0 Å². The molecule has 2 aromatic rings. The van der Waals surface area contributed by atoms with Gasteiger partial charge in [-0.15, -0.1) is 0 Å². The van der Waals surface area contributed by atoms with Crippen LogP contribution in [0.5, 0.6) is 0 Å². The lowest BCUT2D eigenvalue weighted by Gasteiger charge is -2.09. The summed E-state index contributed by atoms with van der Waals surface area (Å²) in [6.45, 7) is 0. The molecule has 1 heterocycles. The van der Waals surface area contributed by atoms with Crippen molar-refractivity contribution in [1.29, 1.82) is 0 Å². The van der Waals surface area contributed by atoms with Crippen molar-refractivity contribution < 1.29 is 0 Å². The second-order valence-corrected chi connectivity index (χ2v) is 2.79. The van der Waals surface area contributed by atoms with E-state index in [1.165, 1.54) is 0 Å². The van der Waals surface area contributed by atoms with E-state index in [2.05, 4.69) is 5.43 Å². The van der Waals surface area contributed by atoms with Crippen molar-refractivity contribution in [3.63, 3.8) is 0 Å². The van der Waals surface area contributed by atoms with Gasteiger partial charge in [-0.05, 0) is 24.3 Å². The summed E-state index contributed by atoms with van der Waals surface area (Å²) in [5.74, 6) is 0. The van der Waals surface area contributed by atoms with Crippen molar-refractivity contribution in [3.05, 3.63) is 48.8 Å². The molecule has 0 aliphatic heterocycles. The molecule has 0 spiro atoms. The largest absolute Gasteiger partial charge is 0.397 e. The lowest BCUT2D eigenvalue weighted by molar-refractivity contribution is 0.972. The monoisotopic (exact) mass is 173 g/mol. The van der Waals surface area contributed by atoms with Crippen LogP contribution in [-0.4, -0.2) is 4.68 Å². The zero-order valence-electron chi connectivity index (χ0n) is 7.14. The molecule has 13 heavy (non-hydrogen) atoms. The van der Waals surface area contributed by atoms with Gasteiger partial charge in [-0.3, -0.25) is 10.1 Å². The predicted molar refractivity (Wildman–Crippen MR) is 54.3 cm³/mol.